The zero-order chi connectivity index (χ0) is 18.4. The predicted molar refractivity (Wildman–Crippen MR) is 99.7 cm³/mol. The summed E-state index contributed by atoms with van der Waals surface area (Å²) >= 11 is 0. The average Bonchev–Trinajstić information content (AvgIpc) is 3.21. The fourth-order valence-electron chi connectivity index (χ4n) is 3.39. The normalized spacial score (nSPS) is 18.3. The van der Waals surface area contributed by atoms with E-state index < -0.39 is 0 Å². The largest absolute Gasteiger partial charge is 0.459 e. The highest BCUT2D eigenvalue weighted by Gasteiger charge is 2.30. The molecule has 5 nitrogen and oxygen atoms in total. The third-order valence-electron chi connectivity index (χ3n) is 4.91. The zero-order valence-corrected chi connectivity index (χ0v) is 15.2. The Morgan fingerprint density at radius 3 is 2.77 bits per heavy atom. The Hall–Kier alpha value is -2.56. The summed E-state index contributed by atoms with van der Waals surface area (Å²) in [5, 5.41) is 3.11. The van der Waals surface area contributed by atoms with Gasteiger partial charge in [0.2, 0.25) is 5.91 Å². The van der Waals surface area contributed by atoms with Crippen LogP contribution in [0.15, 0.2) is 53.1 Å². The zero-order valence-electron chi connectivity index (χ0n) is 15.2. The van der Waals surface area contributed by atoms with Gasteiger partial charge in [0.15, 0.2) is 5.76 Å². The second-order valence-corrected chi connectivity index (χ2v) is 7.00. The molecule has 1 fully saturated rings. The molecule has 0 aliphatic carbocycles. The van der Waals surface area contributed by atoms with Gasteiger partial charge in [0.05, 0.1) is 12.2 Å². The lowest BCUT2D eigenvalue weighted by Crippen LogP contribution is -2.47. The lowest BCUT2D eigenvalue weighted by atomic mass is 9.96. The van der Waals surface area contributed by atoms with Crippen molar-refractivity contribution in [3.63, 3.8) is 0 Å². The van der Waals surface area contributed by atoms with Crippen LogP contribution in [-0.2, 0) is 11.2 Å². The number of rotatable bonds is 6. The Balaban J connectivity index is 1.48. The second-order valence-electron chi connectivity index (χ2n) is 7.00. The molecule has 0 bridgehead atoms. The van der Waals surface area contributed by atoms with Gasteiger partial charge in [-0.2, -0.15) is 0 Å². The van der Waals surface area contributed by atoms with Crippen LogP contribution >= 0.6 is 0 Å². The van der Waals surface area contributed by atoms with Gasteiger partial charge in [-0.3, -0.25) is 9.59 Å². The van der Waals surface area contributed by atoms with Gasteiger partial charge in [0.1, 0.15) is 0 Å². The van der Waals surface area contributed by atoms with Crippen LogP contribution in [-0.4, -0.2) is 35.8 Å². The maximum absolute atomic E-state index is 12.6. The van der Waals surface area contributed by atoms with Crippen molar-refractivity contribution in [1.29, 1.82) is 0 Å². The molecule has 1 aliphatic rings. The fourth-order valence-corrected chi connectivity index (χ4v) is 3.39. The van der Waals surface area contributed by atoms with Crippen molar-refractivity contribution in [2.45, 2.75) is 38.6 Å². The SMILES string of the molecule is C[C@@H](CCc1ccccc1)NC(=O)[C@@H]1CCCN(C(=O)c2ccco2)C1. The average molecular weight is 354 g/mol. The number of nitrogens with zero attached hydrogens (tertiary/aromatic N) is 1. The number of likely N-dealkylation sites (tertiary alicyclic amines) is 1. The Labute approximate surface area is 154 Å². The molecular formula is C21H26N2O3. The number of furan rings is 1. The smallest absolute Gasteiger partial charge is 0.289 e. The van der Waals surface area contributed by atoms with Crippen LogP contribution in [0.3, 0.4) is 0 Å². The van der Waals surface area contributed by atoms with Gasteiger partial charge in [0.25, 0.3) is 5.91 Å². The molecule has 1 saturated heterocycles. The number of aryl methyl sites for hydroxylation is 1. The summed E-state index contributed by atoms with van der Waals surface area (Å²) in [7, 11) is 0. The van der Waals surface area contributed by atoms with Gasteiger partial charge in [-0.05, 0) is 50.3 Å². The number of carbonyl (C=O) groups excluding carboxylic acids is 2. The highest BCUT2D eigenvalue weighted by atomic mass is 16.3. The summed E-state index contributed by atoms with van der Waals surface area (Å²) in [6.07, 6.45) is 4.99. The quantitative estimate of drug-likeness (QED) is 0.866. The van der Waals surface area contributed by atoms with Crippen molar-refractivity contribution in [3.8, 4) is 0 Å². The summed E-state index contributed by atoms with van der Waals surface area (Å²) in [5.74, 6) is 0.0938. The highest BCUT2D eigenvalue weighted by molar-refractivity contribution is 5.92. The molecule has 2 amide bonds. The minimum atomic E-state index is -0.151. The van der Waals surface area contributed by atoms with Crippen molar-refractivity contribution in [2.24, 2.45) is 5.92 Å². The Bertz CT molecular complexity index is 712. The van der Waals surface area contributed by atoms with Gasteiger partial charge >= 0.3 is 0 Å². The number of piperidine rings is 1. The molecule has 0 saturated carbocycles. The fraction of sp³-hybridized carbons (Fsp3) is 0.429. The highest BCUT2D eigenvalue weighted by Crippen LogP contribution is 2.19. The predicted octanol–water partition coefficient (Wildman–Crippen LogP) is 3.27. The van der Waals surface area contributed by atoms with Crippen LogP contribution in [0.1, 0.15) is 42.3 Å². The van der Waals surface area contributed by atoms with E-state index in [0.29, 0.717) is 18.8 Å². The van der Waals surface area contributed by atoms with E-state index in [9.17, 15) is 9.59 Å². The number of amides is 2. The standard InChI is InChI=1S/C21H26N2O3/c1-16(11-12-17-7-3-2-4-8-17)22-20(24)18-9-5-13-23(15-18)21(25)19-10-6-14-26-19/h2-4,6-8,10,14,16,18H,5,9,11-13,15H2,1H3,(H,22,24)/t16-,18+/m0/s1. The van der Waals surface area contributed by atoms with E-state index in [1.807, 2.05) is 25.1 Å². The van der Waals surface area contributed by atoms with E-state index in [2.05, 4.69) is 17.4 Å². The Morgan fingerprint density at radius 2 is 2.04 bits per heavy atom. The molecule has 2 atom stereocenters. The Kier molecular flexibility index (Phi) is 6.10. The molecule has 2 heterocycles. The van der Waals surface area contributed by atoms with Crippen LogP contribution in [0.25, 0.3) is 0 Å². The number of nitrogens with one attached hydrogen (secondary N) is 1. The molecule has 3 rings (SSSR count). The van der Waals surface area contributed by atoms with Crippen LogP contribution in [0.2, 0.25) is 0 Å². The van der Waals surface area contributed by atoms with Crippen molar-refractivity contribution in [2.75, 3.05) is 13.1 Å². The van der Waals surface area contributed by atoms with Crippen LogP contribution in [0.4, 0.5) is 0 Å². The third-order valence-corrected chi connectivity index (χ3v) is 4.91. The summed E-state index contributed by atoms with van der Waals surface area (Å²) in [5.41, 5.74) is 1.28. The summed E-state index contributed by atoms with van der Waals surface area (Å²) in [4.78, 5) is 26.7. The van der Waals surface area contributed by atoms with Crippen LogP contribution < -0.4 is 5.32 Å². The molecule has 26 heavy (non-hydrogen) atoms. The lowest BCUT2D eigenvalue weighted by Gasteiger charge is -2.32. The molecule has 1 aliphatic heterocycles. The summed E-state index contributed by atoms with van der Waals surface area (Å²) in [6, 6.07) is 13.8. The maximum Gasteiger partial charge on any atom is 0.289 e. The van der Waals surface area contributed by atoms with Crippen molar-refractivity contribution in [3.05, 3.63) is 60.1 Å². The summed E-state index contributed by atoms with van der Waals surface area (Å²) < 4.78 is 5.19. The lowest BCUT2D eigenvalue weighted by molar-refractivity contribution is -0.127. The van der Waals surface area contributed by atoms with E-state index in [4.69, 9.17) is 4.42 Å². The third kappa shape index (κ3) is 4.75. The van der Waals surface area contributed by atoms with E-state index in [0.717, 1.165) is 25.7 Å². The number of benzene rings is 1. The van der Waals surface area contributed by atoms with E-state index >= 15 is 0 Å². The molecule has 1 N–H and O–H groups in total. The minimum absolute atomic E-state index is 0.0440. The molecular weight excluding hydrogens is 328 g/mol. The van der Waals surface area contributed by atoms with Gasteiger partial charge < -0.3 is 14.6 Å². The number of carbonyl (C=O) groups is 2. The van der Waals surface area contributed by atoms with E-state index in [1.54, 1.807) is 17.0 Å². The van der Waals surface area contributed by atoms with Crippen LogP contribution in [0, 0.1) is 5.92 Å². The molecule has 0 radical (unpaired) electrons. The van der Waals surface area contributed by atoms with Crippen molar-refractivity contribution in [1.82, 2.24) is 10.2 Å². The molecule has 138 valence electrons. The molecule has 5 heteroatoms. The number of hydrogen-bond donors (Lipinski definition) is 1. The molecule has 2 aromatic rings. The van der Waals surface area contributed by atoms with Crippen molar-refractivity contribution >= 4 is 11.8 Å². The van der Waals surface area contributed by atoms with E-state index in [1.165, 1.54) is 11.8 Å². The van der Waals surface area contributed by atoms with Gasteiger partial charge in [-0.1, -0.05) is 30.3 Å². The molecule has 0 spiro atoms. The first-order valence-electron chi connectivity index (χ1n) is 9.30. The minimum Gasteiger partial charge on any atom is -0.459 e. The second kappa shape index (κ2) is 8.70. The topological polar surface area (TPSA) is 62.6 Å². The Morgan fingerprint density at radius 1 is 1.23 bits per heavy atom. The van der Waals surface area contributed by atoms with Gasteiger partial charge in [-0.25, -0.2) is 0 Å². The van der Waals surface area contributed by atoms with Gasteiger partial charge in [-0.15, -0.1) is 0 Å². The summed E-state index contributed by atoms with van der Waals surface area (Å²) in [6.45, 7) is 3.17. The first-order valence-corrected chi connectivity index (χ1v) is 9.30. The van der Waals surface area contributed by atoms with Crippen LogP contribution in [0.5, 0.6) is 0 Å². The maximum atomic E-state index is 12.6. The molecule has 1 aromatic carbocycles. The first-order chi connectivity index (χ1) is 12.6. The first kappa shape index (κ1) is 18.2. The monoisotopic (exact) mass is 354 g/mol. The molecule has 1 aromatic heterocycles. The van der Waals surface area contributed by atoms with E-state index in [-0.39, 0.29) is 23.8 Å². The number of hydrogen-bond acceptors (Lipinski definition) is 3. The van der Waals surface area contributed by atoms with Crippen molar-refractivity contribution < 1.29 is 14.0 Å². The molecule has 0 unspecified atom stereocenters. The van der Waals surface area contributed by atoms with Gasteiger partial charge in [0, 0.05) is 19.1 Å².